The number of hydrogen-bond donors (Lipinski definition) is 2. The third-order valence-electron chi connectivity index (χ3n) is 3.58. The second-order valence-corrected chi connectivity index (χ2v) is 5.24. The number of hydrogen-bond acceptors (Lipinski definition) is 3. The number of amides is 1. The Morgan fingerprint density at radius 2 is 1.68 bits per heavy atom. The molecular weight excluding hydrogens is 323 g/mol. The first-order valence-corrected chi connectivity index (χ1v) is 7.40. The van der Waals surface area contributed by atoms with Gasteiger partial charge in [-0.1, -0.05) is 30.3 Å². The van der Waals surface area contributed by atoms with Gasteiger partial charge in [0.15, 0.2) is 0 Å². The number of nitrogens with zero attached hydrogens (tertiary/aromatic N) is 1. The molecule has 0 fully saturated rings. The minimum Gasteiger partial charge on any atom is -0.478 e. The summed E-state index contributed by atoms with van der Waals surface area (Å²) in [4.78, 5) is 27.3. The van der Waals surface area contributed by atoms with Crippen LogP contribution in [-0.4, -0.2) is 22.0 Å². The highest BCUT2D eigenvalue weighted by molar-refractivity contribution is 6.08. The molecule has 2 N–H and O–H groups in total. The van der Waals surface area contributed by atoms with Crippen LogP contribution < -0.4 is 5.32 Å². The summed E-state index contributed by atoms with van der Waals surface area (Å²) >= 11 is 0. The topological polar surface area (TPSA) is 79.3 Å². The Morgan fingerprint density at radius 1 is 0.960 bits per heavy atom. The van der Waals surface area contributed by atoms with Crippen LogP contribution in [0.3, 0.4) is 0 Å². The average Bonchev–Trinajstić information content (AvgIpc) is 2.63. The minimum absolute atomic E-state index is 0.0321. The predicted molar refractivity (Wildman–Crippen MR) is 91.0 cm³/mol. The van der Waals surface area contributed by atoms with Crippen molar-refractivity contribution in [2.75, 3.05) is 5.32 Å². The van der Waals surface area contributed by atoms with E-state index in [9.17, 15) is 14.0 Å². The van der Waals surface area contributed by atoms with Gasteiger partial charge in [0.25, 0.3) is 5.91 Å². The molecule has 3 rings (SSSR count). The van der Waals surface area contributed by atoms with Crippen LogP contribution in [0.25, 0.3) is 11.1 Å². The van der Waals surface area contributed by atoms with Crippen LogP contribution in [0.1, 0.15) is 20.7 Å². The van der Waals surface area contributed by atoms with E-state index in [2.05, 4.69) is 10.3 Å². The van der Waals surface area contributed by atoms with Gasteiger partial charge in [-0.2, -0.15) is 0 Å². The number of rotatable bonds is 4. The molecule has 2 aromatic carbocycles. The predicted octanol–water partition coefficient (Wildman–Crippen LogP) is 3.84. The van der Waals surface area contributed by atoms with E-state index in [1.165, 1.54) is 30.5 Å². The Hall–Kier alpha value is -3.54. The molecule has 0 aliphatic rings. The highest BCUT2D eigenvalue weighted by atomic mass is 19.1. The molecule has 6 heteroatoms. The largest absolute Gasteiger partial charge is 0.478 e. The summed E-state index contributed by atoms with van der Waals surface area (Å²) in [5.74, 6) is -1.60. The van der Waals surface area contributed by atoms with Crippen LogP contribution in [0, 0.1) is 5.82 Å². The van der Waals surface area contributed by atoms with E-state index in [1.807, 2.05) is 0 Å². The SMILES string of the molecule is O=C(O)c1ccc(NC(=O)c2ccccc2-c2ccc(F)cc2)nc1. The summed E-state index contributed by atoms with van der Waals surface area (Å²) in [7, 11) is 0. The standard InChI is InChI=1S/C19H13FN2O3/c20-14-8-5-12(6-9-14)15-3-1-2-4-16(15)18(23)22-17-10-7-13(11-21-17)19(24)25/h1-11H,(H,24,25)(H,21,22,23). The van der Waals surface area contributed by atoms with Gasteiger partial charge in [0.1, 0.15) is 11.6 Å². The van der Waals surface area contributed by atoms with Crippen molar-refractivity contribution in [2.24, 2.45) is 0 Å². The number of halogens is 1. The Morgan fingerprint density at radius 3 is 2.32 bits per heavy atom. The maximum Gasteiger partial charge on any atom is 0.337 e. The lowest BCUT2D eigenvalue weighted by atomic mass is 9.99. The van der Waals surface area contributed by atoms with Gasteiger partial charge in [-0.3, -0.25) is 4.79 Å². The fraction of sp³-hybridized carbons (Fsp3) is 0. The molecule has 25 heavy (non-hydrogen) atoms. The number of carbonyl (C=O) groups is 2. The van der Waals surface area contributed by atoms with E-state index >= 15 is 0 Å². The summed E-state index contributed by atoms with van der Waals surface area (Å²) in [6.07, 6.45) is 1.17. The Balaban J connectivity index is 1.87. The molecule has 5 nitrogen and oxygen atoms in total. The lowest BCUT2D eigenvalue weighted by Crippen LogP contribution is -2.14. The molecule has 0 unspecified atom stereocenters. The number of aromatic nitrogens is 1. The third kappa shape index (κ3) is 3.69. The molecule has 0 saturated carbocycles. The highest BCUT2D eigenvalue weighted by Crippen LogP contribution is 2.24. The molecule has 124 valence electrons. The molecule has 1 heterocycles. The number of carbonyl (C=O) groups excluding carboxylic acids is 1. The first kappa shape index (κ1) is 16.3. The van der Waals surface area contributed by atoms with Gasteiger partial charge in [-0.25, -0.2) is 14.2 Å². The molecule has 0 aliphatic carbocycles. The summed E-state index contributed by atoms with van der Waals surface area (Å²) in [6, 6.07) is 15.6. The molecule has 0 saturated heterocycles. The van der Waals surface area contributed by atoms with Crippen LogP contribution in [0.15, 0.2) is 66.9 Å². The van der Waals surface area contributed by atoms with Crippen molar-refractivity contribution in [1.82, 2.24) is 4.98 Å². The maximum atomic E-state index is 13.1. The Labute approximate surface area is 142 Å². The lowest BCUT2D eigenvalue weighted by Gasteiger charge is -2.10. The molecule has 0 bridgehead atoms. The van der Waals surface area contributed by atoms with Crippen LogP contribution in [-0.2, 0) is 0 Å². The van der Waals surface area contributed by atoms with Crippen molar-refractivity contribution in [3.05, 3.63) is 83.8 Å². The minimum atomic E-state index is -1.09. The zero-order valence-electron chi connectivity index (χ0n) is 12.9. The van der Waals surface area contributed by atoms with E-state index in [0.29, 0.717) is 16.7 Å². The van der Waals surface area contributed by atoms with Gasteiger partial charge >= 0.3 is 5.97 Å². The van der Waals surface area contributed by atoms with E-state index in [-0.39, 0.29) is 17.2 Å². The number of benzene rings is 2. The maximum absolute atomic E-state index is 13.1. The zero-order valence-corrected chi connectivity index (χ0v) is 12.9. The molecule has 1 amide bonds. The second kappa shape index (κ2) is 6.92. The van der Waals surface area contributed by atoms with E-state index < -0.39 is 11.9 Å². The Kier molecular flexibility index (Phi) is 4.52. The van der Waals surface area contributed by atoms with Gasteiger partial charge in [0, 0.05) is 11.8 Å². The third-order valence-corrected chi connectivity index (χ3v) is 3.58. The van der Waals surface area contributed by atoms with Crippen LogP contribution in [0.5, 0.6) is 0 Å². The highest BCUT2D eigenvalue weighted by Gasteiger charge is 2.13. The number of nitrogens with one attached hydrogen (secondary N) is 1. The van der Waals surface area contributed by atoms with Crippen LogP contribution in [0.4, 0.5) is 10.2 Å². The average molecular weight is 336 g/mol. The Bertz CT molecular complexity index is 922. The van der Waals surface area contributed by atoms with Gasteiger partial charge in [-0.05, 0) is 41.5 Å². The quantitative estimate of drug-likeness (QED) is 0.759. The van der Waals surface area contributed by atoms with E-state index in [1.54, 1.807) is 36.4 Å². The van der Waals surface area contributed by atoms with Crippen molar-refractivity contribution in [3.8, 4) is 11.1 Å². The molecular formula is C19H13FN2O3. The first-order valence-electron chi connectivity index (χ1n) is 7.40. The van der Waals surface area contributed by atoms with Crippen LogP contribution >= 0.6 is 0 Å². The van der Waals surface area contributed by atoms with Crippen LogP contribution in [0.2, 0.25) is 0 Å². The first-order chi connectivity index (χ1) is 12.0. The van der Waals surface area contributed by atoms with Gasteiger partial charge in [0.2, 0.25) is 0 Å². The summed E-state index contributed by atoms with van der Waals surface area (Å²) < 4.78 is 13.1. The lowest BCUT2D eigenvalue weighted by molar-refractivity contribution is 0.0696. The molecule has 1 aromatic heterocycles. The molecule has 0 spiro atoms. The number of aromatic carboxylic acids is 1. The summed E-state index contributed by atoms with van der Waals surface area (Å²) in [6.45, 7) is 0. The van der Waals surface area contributed by atoms with Gasteiger partial charge in [-0.15, -0.1) is 0 Å². The van der Waals surface area contributed by atoms with Crippen molar-refractivity contribution < 1.29 is 19.1 Å². The molecule has 0 radical (unpaired) electrons. The second-order valence-electron chi connectivity index (χ2n) is 5.24. The normalized spacial score (nSPS) is 10.3. The van der Waals surface area contributed by atoms with Crippen molar-refractivity contribution >= 4 is 17.7 Å². The fourth-order valence-corrected chi connectivity index (χ4v) is 2.34. The van der Waals surface area contributed by atoms with Crippen molar-refractivity contribution in [3.63, 3.8) is 0 Å². The smallest absolute Gasteiger partial charge is 0.337 e. The molecule has 0 aliphatic heterocycles. The number of pyridine rings is 1. The van der Waals surface area contributed by atoms with Crippen molar-refractivity contribution in [2.45, 2.75) is 0 Å². The number of anilines is 1. The number of carboxylic acids is 1. The molecule has 0 atom stereocenters. The fourth-order valence-electron chi connectivity index (χ4n) is 2.34. The number of carboxylic acid groups (broad SMARTS) is 1. The van der Waals surface area contributed by atoms with Crippen molar-refractivity contribution in [1.29, 1.82) is 0 Å². The van der Waals surface area contributed by atoms with Gasteiger partial charge in [0.05, 0.1) is 5.56 Å². The van der Waals surface area contributed by atoms with Gasteiger partial charge < -0.3 is 10.4 Å². The van der Waals surface area contributed by atoms with E-state index in [0.717, 1.165) is 0 Å². The zero-order chi connectivity index (χ0) is 17.8. The monoisotopic (exact) mass is 336 g/mol. The van der Waals surface area contributed by atoms with E-state index in [4.69, 9.17) is 5.11 Å². The summed E-state index contributed by atoms with van der Waals surface area (Å²) in [5, 5.41) is 11.5. The molecule has 3 aromatic rings. The summed E-state index contributed by atoms with van der Waals surface area (Å²) in [5.41, 5.74) is 1.80.